The fraction of sp³-hybridized carbons (Fsp3) is 0.286. The molecule has 0 bridgehead atoms. The maximum Gasteiger partial charge on any atom is 0.165 e. The number of piperazine rings is 1. The molecule has 1 aliphatic rings. The molecule has 1 saturated heterocycles. The lowest BCUT2D eigenvalue weighted by Gasteiger charge is -2.35. The highest BCUT2D eigenvalue weighted by atomic mass is 19.1. The second-order valence-electron chi connectivity index (χ2n) is 6.69. The molecule has 3 aromatic rings. The summed E-state index contributed by atoms with van der Waals surface area (Å²) in [5.41, 5.74) is 1.11. The summed E-state index contributed by atoms with van der Waals surface area (Å²) in [5, 5.41) is 0.864. The zero-order valence-electron chi connectivity index (χ0n) is 15.6. The molecule has 7 heteroatoms. The van der Waals surface area contributed by atoms with Gasteiger partial charge in [0.2, 0.25) is 0 Å². The maximum absolute atomic E-state index is 14.4. The van der Waals surface area contributed by atoms with Crippen LogP contribution in [0.1, 0.15) is 0 Å². The molecular formula is C21H21FN4O2. The van der Waals surface area contributed by atoms with E-state index in [4.69, 9.17) is 9.72 Å². The van der Waals surface area contributed by atoms with Crippen LogP contribution in [0, 0.1) is 5.82 Å². The number of fused-ring (bicyclic) bond motifs is 1. The molecule has 2 heterocycles. The third-order valence-corrected chi connectivity index (χ3v) is 5.00. The highest BCUT2D eigenvalue weighted by Crippen LogP contribution is 2.31. The Hall–Kier alpha value is -3.06. The van der Waals surface area contributed by atoms with E-state index >= 15 is 0 Å². The van der Waals surface area contributed by atoms with E-state index in [1.165, 1.54) is 6.07 Å². The summed E-state index contributed by atoms with van der Waals surface area (Å²) in [6.07, 6.45) is 0.927. The molecule has 0 N–H and O–H groups in total. The number of halogens is 1. The van der Waals surface area contributed by atoms with Crippen LogP contribution < -0.4 is 9.64 Å². The van der Waals surface area contributed by atoms with Crippen molar-refractivity contribution in [2.75, 3.05) is 44.7 Å². The summed E-state index contributed by atoms with van der Waals surface area (Å²) < 4.78 is 19.7. The summed E-state index contributed by atoms with van der Waals surface area (Å²) >= 11 is 0. The van der Waals surface area contributed by atoms with E-state index in [0.717, 1.165) is 54.9 Å². The van der Waals surface area contributed by atoms with Crippen LogP contribution in [0.25, 0.3) is 22.3 Å². The van der Waals surface area contributed by atoms with Gasteiger partial charge in [-0.1, -0.05) is 12.1 Å². The average Bonchev–Trinajstić information content (AvgIpc) is 2.74. The first-order valence-corrected chi connectivity index (χ1v) is 9.21. The van der Waals surface area contributed by atoms with Gasteiger partial charge in [-0.15, -0.1) is 0 Å². The largest absolute Gasteiger partial charge is 0.497 e. The van der Waals surface area contributed by atoms with Crippen molar-refractivity contribution in [3.8, 4) is 17.1 Å². The molecule has 6 nitrogen and oxygen atoms in total. The molecule has 0 amide bonds. The number of hydrogen-bond donors (Lipinski definition) is 0. The van der Waals surface area contributed by atoms with Gasteiger partial charge in [-0.2, -0.15) is 0 Å². The fourth-order valence-electron chi connectivity index (χ4n) is 3.47. The van der Waals surface area contributed by atoms with Crippen LogP contribution in [0.5, 0.6) is 5.75 Å². The molecule has 28 heavy (non-hydrogen) atoms. The number of hydrogen-bond acceptors (Lipinski definition) is 6. The lowest BCUT2D eigenvalue weighted by atomic mass is 10.1. The predicted molar refractivity (Wildman–Crippen MR) is 106 cm³/mol. The molecule has 0 spiro atoms. The van der Waals surface area contributed by atoms with Gasteiger partial charge in [0.25, 0.3) is 0 Å². The lowest BCUT2D eigenvalue weighted by molar-refractivity contribution is -0.108. The Labute approximate surface area is 162 Å². The Morgan fingerprint density at radius 3 is 2.61 bits per heavy atom. The Morgan fingerprint density at radius 1 is 1.11 bits per heavy atom. The summed E-state index contributed by atoms with van der Waals surface area (Å²) in [7, 11) is 1.62. The van der Waals surface area contributed by atoms with Gasteiger partial charge < -0.3 is 14.4 Å². The maximum atomic E-state index is 14.4. The minimum Gasteiger partial charge on any atom is -0.497 e. The molecule has 2 aromatic carbocycles. The standard InChI is InChI=1S/C21H21FN4O2/c1-28-15-6-7-19-17(14-15)21(26-10-8-25(9-11-26)12-13-27)24-20(23-19)16-4-2-3-5-18(16)22/h2-7,13-14H,8-12H2,1H3. The van der Waals surface area contributed by atoms with Gasteiger partial charge in [-0.3, -0.25) is 4.90 Å². The zero-order chi connectivity index (χ0) is 19.5. The molecular weight excluding hydrogens is 359 g/mol. The minimum absolute atomic E-state index is 0.350. The van der Waals surface area contributed by atoms with Crippen molar-refractivity contribution in [1.82, 2.24) is 14.9 Å². The van der Waals surface area contributed by atoms with Crippen molar-refractivity contribution < 1.29 is 13.9 Å². The van der Waals surface area contributed by atoms with Crippen LogP contribution in [0.4, 0.5) is 10.2 Å². The molecule has 0 radical (unpaired) electrons. The van der Waals surface area contributed by atoms with Crippen molar-refractivity contribution in [2.24, 2.45) is 0 Å². The number of aromatic nitrogens is 2. The van der Waals surface area contributed by atoms with E-state index in [1.54, 1.807) is 25.3 Å². The van der Waals surface area contributed by atoms with Crippen LogP contribution in [-0.4, -0.2) is 61.0 Å². The normalized spacial score (nSPS) is 15.0. The van der Waals surface area contributed by atoms with Crippen molar-refractivity contribution in [2.45, 2.75) is 0 Å². The second-order valence-corrected chi connectivity index (χ2v) is 6.69. The lowest BCUT2D eigenvalue weighted by Crippen LogP contribution is -2.47. The third-order valence-electron chi connectivity index (χ3n) is 5.00. The molecule has 0 saturated carbocycles. The van der Waals surface area contributed by atoms with Crippen LogP contribution in [0.15, 0.2) is 42.5 Å². The third kappa shape index (κ3) is 3.53. The van der Waals surface area contributed by atoms with Crippen molar-refractivity contribution in [1.29, 1.82) is 0 Å². The van der Waals surface area contributed by atoms with Crippen LogP contribution in [-0.2, 0) is 4.79 Å². The van der Waals surface area contributed by atoms with Gasteiger partial charge in [-0.25, -0.2) is 14.4 Å². The van der Waals surface area contributed by atoms with E-state index in [1.807, 2.05) is 18.2 Å². The summed E-state index contributed by atoms with van der Waals surface area (Å²) in [4.78, 5) is 24.4. The topological polar surface area (TPSA) is 58.6 Å². The number of rotatable bonds is 5. The van der Waals surface area contributed by atoms with E-state index in [9.17, 15) is 9.18 Å². The molecule has 0 unspecified atom stereocenters. The Kier molecular flexibility index (Phi) is 5.16. The van der Waals surface area contributed by atoms with Gasteiger partial charge >= 0.3 is 0 Å². The highest BCUT2D eigenvalue weighted by Gasteiger charge is 2.22. The SMILES string of the molecule is COc1ccc2nc(-c3ccccc3F)nc(N3CCN(CC=O)CC3)c2c1. The number of aldehydes is 1. The molecule has 1 fully saturated rings. The van der Waals surface area contributed by atoms with Crippen LogP contribution >= 0.6 is 0 Å². The number of methoxy groups -OCH3 is 1. The molecule has 1 aromatic heterocycles. The Balaban J connectivity index is 1.80. The molecule has 4 rings (SSSR count). The number of carbonyl (C=O) groups is 1. The van der Waals surface area contributed by atoms with E-state index in [2.05, 4.69) is 14.8 Å². The number of carbonyl (C=O) groups excluding carboxylic acids is 1. The van der Waals surface area contributed by atoms with Gasteiger partial charge in [0.15, 0.2) is 5.82 Å². The minimum atomic E-state index is -0.350. The molecule has 0 aliphatic carbocycles. The number of benzene rings is 2. The summed E-state index contributed by atoms with van der Waals surface area (Å²) in [5.74, 6) is 1.49. The van der Waals surface area contributed by atoms with Gasteiger partial charge in [0.1, 0.15) is 23.7 Å². The monoisotopic (exact) mass is 380 g/mol. The molecule has 144 valence electrons. The first kappa shape index (κ1) is 18.3. The smallest absolute Gasteiger partial charge is 0.165 e. The number of ether oxygens (including phenoxy) is 1. The zero-order valence-corrected chi connectivity index (χ0v) is 15.6. The Bertz CT molecular complexity index is 1000. The highest BCUT2D eigenvalue weighted by molar-refractivity contribution is 5.92. The van der Waals surface area contributed by atoms with E-state index in [-0.39, 0.29) is 5.82 Å². The average molecular weight is 380 g/mol. The van der Waals surface area contributed by atoms with Crippen LogP contribution in [0.2, 0.25) is 0 Å². The van der Waals surface area contributed by atoms with Gasteiger partial charge in [-0.05, 0) is 30.3 Å². The van der Waals surface area contributed by atoms with E-state index in [0.29, 0.717) is 17.9 Å². The van der Waals surface area contributed by atoms with Crippen molar-refractivity contribution >= 4 is 23.0 Å². The van der Waals surface area contributed by atoms with Gasteiger partial charge in [0.05, 0.1) is 24.7 Å². The molecule has 0 atom stereocenters. The molecule has 1 aliphatic heterocycles. The van der Waals surface area contributed by atoms with E-state index < -0.39 is 0 Å². The predicted octanol–water partition coefficient (Wildman–Crippen LogP) is 2.77. The number of nitrogens with zero attached hydrogens (tertiary/aromatic N) is 4. The summed E-state index contributed by atoms with van der Waals surface area (Å²) in [6, 6.07) is 12.1. The second kappa shape index (κ2) is 7.90. The van der Waals surface area contributed by atoms with Crippen molar-refractivity contribution in [3.05, 3.63) is 48.3 Å². The van der Waals surface area contributed by atoms with Crippen LogP contribution in [0.3, 0.4) is 0 Å². The fourth-order valence-corrected chi connectivity index (χ4v) is 3.47. The Morgan fingerprint density at radius 2 is 1.89 bits per heavy atom. The summed E-state index contributed by atoms with van der Waals surface area (Å²) in [6.45, 7) is 3.43. The quantitative estimate of drug-likeness (QED) is 0.635. The van der Waals surface area contributed by atoms with Gasteiger partial charge in [0, 0.05) is 31.6 Å². The van der Waals surface area contributed by atoms with Crippen molar-refractivity contribution in [3.63, 3.8) is 0 Å². The first-order chi connectivity index (χ1) is 13.7. The first-order valence-electron chi connectivity index (χ1n) is 9.21. The number of anilines is 1.